The Kier molecular flexibility index (Phi) is 7.33. The van der Waals surface area contributed by atoms with Crippen LogP contribution in [0.25, 0.3) is 0 Å². The lowest BCUT2D eigenvalue weighted by atomic mass is 9.87. The van der Waals surface area contributed by atoms with Crippen molar-refractivity contribution in [2.75, 3.05) is 6.61 Å². The molecule has 0 bridgehead atoms. The van der Waals surface area contributed by atoms with Crippen LogP contribution in [-0.4, -0.2) is 59.5 Å². The number of ether oxygens (including phenoxy) is 4. The fourth-order valence-corrected chi connectivity index (χ4v) is 4.24. The number of hydrogen-bond acceptors (Lipinski definition) is 10. The average Bonchev–Trinajstić information content (AvgIpc) is 2.71. The second-order valence-electron chi connectivity index (χ2n) is 7.54. The first-order chi connectivity index (χ1) is 15.5. The minimum atomic E-state index is -1.08. The average molecular weight is 525 g/mol. The Bertz CT molecular complexity index is 1060. The lowest BCUT2D eigenvalue weighted by Crippen LogP contribution is -2.51. The van der Waals surface area contributed by atoms with Gasteiger partial charge in [-0.3, -0.25) is 24.0 Å². The summed E-state index contributed by atoms with van der Waals surface area (Å²) in [5.74, 6) is -3.40. The van der Waals surface area contributed by atoms with Gasteiger partial charge in [-0.05, 0) is 22.0 Å². The minimum absolute atomic E-state index is 0.0252. The van der Waals surface area contributed by atoms with Crippen molar-refractivity contribution in [1.82, 2.24) is 0 Å². The highest BCUT2D eigenvalue weighted by atomic mass is 79.9. The minimum Gasteiger partial charge on any atom is -0.507 e. The van der Waals surface area contributed by atoms with E-state index < -0.39 is 59.6 Å². The highest BCUT2D eigenvalue weighted by Gasteiger charge is 2.45. The second kappa shape index (κ2) is 9.84. The van der Waals surface area contributed by atoms with E-state index in [4.69, 9.17) is 18.9 Å². The van der Waals surface area contributed by atoms with Crippen molar-refractivity contribution in [2.24, 2.45) is 0 Å². The van der Waals surface area contributed by atoms with Crippen LogP contribution in [0.3, 0.4) is 0 Å². The SMILES string of the molecule is CC(=O)OC[C@H]1O[C@@H](c2ccc3c(c2O)C(=O)C=C(Br)C3=O)C[C@@H](OC(C)=O)[C@@H]1OC(C)=O. The highest BCUT2D eigenvalue weighted by Crippen LogP contribution is 2.42. The number of allylic oxidation sites excluding steroid dienone is 2. The molecule has 2 aliphatic rings. The second-order valence-corrected chi connectivity index (χ2v) is 8.39. The number of esters is 3. The maximum absolute atomic E-state index is 12.5. The van der Waals surface area contributed by atoms with Crippen molar-refractivity contribution < 1.29 is 48.0 Å². The Morgan fingerprint density at radius 2 is 1.76 bits per heavy atom. The maximum atomic E-state index is 12.5. The first-order valence-electron chi connectivity index (χ1n) is 9.95. The summed E-state index contributed by atoms with van der Waals surface area (Å²) < 4.78 is 21.7. The van der Waals surface area contributed by atoms with Gasteiger partial charge in [0.25, 0.3) is 0 Å². The first-order valence-corrected chi connectivity index (χ1v) is 10.7. The zero-order valence-electron chi connectivity index (χ0n) is 18.0. The van der Waals surface area contributed by atoms with Gasteiger partial charge in [0.1, 0.15) is 24.6 Å². The molecule has 1 aliphatic carbocycles. The Hall–Kier alpha value is -3.05. The van der Waals surface area contributed by atoms with E-state index in [0.717, 1.165) is 6.08 Å². The van der Waals surface area contributed by atoms with Gasteiger partial charge in [-0.15, -0.1) is 0 Å². The van der Waals surface area contributed by atoms with Gasteiger partial charge in [-0.25, -0.2) is 0 Å². The van der Waals surface area contributed by atoms with Crippen LogP contribution in [-0.2, 0) is 33.3 Å². The molecule has 176 valence electrons. The number of Topliss-reactive ketones (excluding diaryl/α,β-unsaturated/α-hetero) is 1. The molecule has 0 radical (unpaired) electrons. The number of fused-ring (bicyclic) bond motifs is 1. The zero-order valence-corrected chi connectivity index (χ0v) is 19.5. The summed E-state index contributed by atoms with van der Waals surface area (Å²) in [7, 11) is 0. The van der Waals surface area contributed by atoms with Gasteiger partial charge >= 0.3 is 17.9 Å². The molecule has 1 aromatic rings. The smallest absolute Gasteiger partial charge is 0.303 e. The summed E-state index contributed by atoms with van der Waals surface area (Å²) >= 11 is 3.03. The third-order valence-electron chi connectivity index (χ3n) is 5.11. The summed E-state index contributed by atoms with van der Waals surface area (Å²) in [6.07, 6.45) is -3.02. The number of phenolic OH excluding ortho intramolecular Hbond substituents is 1. The lowest BCUT2D eigenvalue weighted by Gasteiger charge is -2.40. The number of aromatic hydroxyl groups is 1. The van der Waals surface area contributed by atoms with E-state index in [2.05, 4.69) is 15.9 Å². The van der Waals surface area contributed by atoms with E-state index in [1.807, 2.05) is 0 Å². The van der Waals surface area contributed by atoms with Crippen LogP contribution in [0, 0.1) is 0 Å². The molecule has 33 heavy (non-hydrogen) atoms. The van der Waals surface area contributed by atoms with Crippen molar-refractivity contribution in [3.63, 3.8) is 0 Å². The number of rotatable bonds is 5. The van der Waals surface area contributed by atoms with Gasteiger partial charge < -0.3 is 24.1 Å². The van der Waals surface area contributed by atoms with E-state index in [9.17, 15) is 29.1 Å². The van der Waals surface area contributed by atoms with Gasteiger partial charge in [0.05, 0.1) is 16.1 Å². The fraction of sp³-hybridized carbons (Fsp3) is 0.409. The van der Waals surface area contributed by atoms with Gasteiger partial charge in [-0.2, -0.15) is 0 Å². The van der Waals surface area contributed by atoms with Crippen molar-refractivity contribution in [1.29, 1.82) is 0 Å². The molecule has 4 atom stereocenters. The van der Waals surface area contributed by atoms with Crippen LogP contribution < -0.4 is 0 Å². The lowest BCUT2D eigenvalue weighted by molar-refractivity contribution is -0.216. The fourth-order valence-electron chi connectivity index (χ4n) is 3.82. The molecule has 0 amide bonds. The maximum Gasteiger partial charge on any atom is 0.303 e. The van der Waals surface area contributed by atoms with Crippen molar-refractivity contribution >= 4 is 45.4 Å². The van der Waals surface area contributed by atoms with Crippen molar-refractivity contribution in [3.05, 3.63) is 39.4 Å². The number of carbonyl (C=O) groups is 5. The van der Waals surface area contributed by atoms with E-state index in [-0.39, 0.29) is 34.2 Å². The number of hydrogen-bond donors (Lipinski definition) is 1. The Morgan fingerprint density at radius 3 is 2.36 bits per heavy atom. The van der Waals surface area contributed by atoms with Gasteiger partial charge in [0.2, 0.25) is 5.78 Å². The normalized spacial score (nSPS) is 24.4. The molecule has 11 heteroatoms. The van der Waals surface area contributed by atoms with Crippen LogP contribution in [0.4, 0.5) is 0 Å². The first kappa shape index (κ1) is 24.6. The molecular formula is C22H21BrO10. The third-order valence-corrected chi connectivity index (χ3v) is 5.70. The topological polar surface area (TPSA) is 143 Å². The Labute approximate surface area is 196 Å². The van der Waals surface area contributed by atoms with Gasteiger partial charge in [-0.1, -0.05) is 6.07 Å². The molecule has 1 aliphatic heterocycles. The number of carbonyl (C=O) groups excluding carboxylic acids is 5. The summed E-state index contributed by atoms with van der Waals surface area (Å²) in [6.45, 7) is 3.22. The highest BCUT2D eigenvalue weighted by molar-refractivity contribution is 9.12. The largest absolute Gasteiger partial charge is 0.507 e. The standard InChI is InChI=1S/C22H21BrO10/c1-9(24)30-8-18-22(32-11(3)26)17(31-10(2)25)7-16(33-18)12-4-5-13-19(21(12)29)15(27)6-14(23)20(13)28/h4-6,16-18,22,29H,7-8H2,1-3H3/t16-,17-,18-,22+/m1/s1. The van der Waals surface area contributed by atoms with Crippen molar-refractivity contribution in [3.8, 4) is 5.75 Å². The molecule has 3 rings (SSSR count). The number of halogens is 1. The zero-order chi connectivity index (χ0) is 24.4. The molecule has 10 nitrogen and oxygen atoms in total. The molecule has 1 fully saturated rings. The molecule has 1 aromatic carbocycles. The van der Waals surface area contributed by atoms with Crippen LogP contribution in [0.1, 0.15) is 59.6 Å². The molecule has 1 heterocycles. The molecule has 0 saturated carbocycles. The summed E-state index contributed by atoms with van der Waals surface area (Å²) in [5.41, 5.74) is 0.0109. The molecule has 1 saturated heterocycles. The van der Waals surface area contributed by atoms with E-state index in [1.54, 1.807) is 0 Å². The monoisotopic (exact) mass is 524 g/mol. The third kappa shape index (κ3) is 5.31. The predicted molar refractivity (Wildman–Crippen MR) is 114 cm³/mol. The summed E-state index contributed by atoms with van der Waals surface area (Å²) in [4.78, 5) is 59.5. The Morgan fingerprint density at radius 1 is 1.09 bits per heavy atom. The van der Waals surface area contributed by atoms with E-state index in [1.165, 1.54) is 32.9 Å². The van der Waals surface area contributed by atoms with Gasteiger partial charge in [0.15, 0.2) is 11.9 Å². The molecule has 1 N–H and O–H groups in total. The predicted octanol–water partition coefficient (Wildman–Crippen LogP) is 2.31. The van der Waals surface area contributed by atoms with E-state index in [0.29, 0.717) is 0 Å². The van der Waals surface area contributed by atoms with Crippen LogP contribution in [0.5, 0.6) is 5.75 Å². The number of ketones is 2. The van der Waals surface area contributed by atoms with Crippen LogP contribution in [0.2, 0.25) is 0 Å². The molecule has 0 aromatic heterocycles. The summed E-state index contributed by atoms with van der Waals surface area (Å²) in [6, 6.07) is 2.82. The van der Waals surface area contributed by atoms with Crippen molar-refractivity contribution in [2.45, 2.75) is 51.6 Å². The number of benzene rings is 1. The molecule has 0 spiro atoms. The Balaban J connectivity index is 2.01. The summed E-state index contributed by atoms with van der Waals surface area (Å²) in [5, 5.41) is 10.9. The quantitative estimate of drug-likeness (QED) is 0.450. The van der Waals surface area contributed by atoms with E-state index >= 15 is 0 Å². The molecule has 0 unspecified atom stereocenters. The number of phenols is 1. The van der Waals surface area contributed by atoms with Crippen LogP contribution >= 0.6 is 15.9 Å². The molecular weight excluding hydrogens is 504 g/mol. The van der Waals surface area contributed by atoms with Gasteiger partial charge in [0, 0.05) is 44.4 Å². The van der Waals surface area contributed by atoms with Crippen LogP contribution in [0.15, 0.2) is 22.7 Å².